The molecule has 202 valence electrons. The van der Waals surface area contributed by atoms with E-state index in [0.29, 0.717) is 5.56 Å². The van der Waals surface area contributed by atoms with Crippen molar-refractivity contribution in [3.8, 4) is 11.3 Å². The van der Waals surface area contributed by atoms with Crippen LogP contribution in [0.1, 0.15) is 54.8 Å². The molecule has 3 atom stereocenters. The van der Waals surface area contributed by atoms with Gasteiger partial charge in [-0.1, -0.05) is 50.2 Å². The molecule has 1 aromatic heterocycles. The van der Waals surface area contributed by atoms with E-state index < -0.39 is 46.7 Å². The average Bonchev–Trinajstić information content (AvgIpc) is 3.24. The van der Waals surface area contributed by atoms with Crippen molar-refractivity contribution in [2.45, 2.75) is 44.8 Å². The van der Waals surface area contributed by atoms with Gasteiger partial charge in [0.25, 0.3) is 0 Å². The molecule has 2 aromatic carbocycles. The zero-order valence-corrected chi connectivity index (χ0v) is 22.8. The molecule has 1 aliphatic heterocycles. The van der Waals surface area contributed by atoms with Crippen LogP contribution in [-0.2, 0) is 10.3 Å². The number of hydrogen-bond acceptors (Lipinski definition) is 6. The Bertz CT molecular complexity index is 1390. The van der Waals surface area contributed by atoms with Crippen molar-refractivity contribution in [3.05, 3.63) is 75.5 Å². The second-order valence-corrected chi connectivity index (χ2v) is 11.1. The maximum atomic E-state index is 14.3. The number of piperidine rings is 1. The van der Waals surface area contributed by atoms with Crippen molar-refractivity contribution in [1.82, 2.24) is 10.1 Å². The van der Waals surface area contributed by atoms with Gasteiger partial charge >= 0.3 is 12.1 Å². The molecule has 2 N–H and O–H groups in total. The third-order valence-electron chi connectivity index (χ3n) is 6.98. The van der Waals surface area contributed by atoms with Crippen molar-refractivity contribution in [1.29, 1.82) is 0 Å². The van der Waals surface area contributed by atoms with Gasteiger partial charge in [0.15, 0.2) is 17.4 Å². The van der Waals surface area contributed by atoms with Gasteiger partial charge in [0.1, 0.15) is 11.3 Å². The molecule has 8 nitrogen and oxygen atoms in total. The Kier molecular flexibility index (Phi) is 7.37. The third kappa shape index (κ3) is 4.69. The number of carbonyl (C=O) groups is 2. The number of hydrogen-bond donors (Lipinski definition) is 2. The number of methoxy groups -OCH3 is 1. The third-order valence-corrected chi connectivity index (χ3v) is 7.75. The number of benzene rings is 2. The number of amides is 1. The predicted molar refractivity (Wildman–Crippen MR) is 137 cm³/mol. The molecular formula is C27H27BrF2N2O6. The molecule has 11 heteroatoms. The average molecular weight is 593 g/mol. The molecule has 0 saturated carbocycles. The molecule has 2 heterocycles. The number of carbonyl (C=O) groups excluding carboxylic acids is 1. The van der Waals surface area contributed by atoms with Crippen LogP contribution in [0.15, 0.2) is 51.5 Å². The molecule has 0 radical (unpaired) electrons. The largest absolute Gasteiger partial charge is 0.465 e. The Morgan fingerprint density at radius 3 is 2.47 bits per heavy atom. The van der Waals surface area contributed by atoms with Gasteiger partial charge in [0, 0.05) is 12.1 Å². The highest BCUT2D eigenvalue weighted by Crippen LogP contribution is 2.54. The van der Waals surface area contributed by atoms with E-state index in [1.165, 1.54) is 18.1 Å². The number of aliphatic hydroxyl groups is 1. The predicted octanol–water partition coefficient (Wildman–Crippen LogP) is 5.94. The standard InChI is InChI=1S/C27H27BrF2N2O6/c1-26(2,3)23-19(22-20(28)21(31-38-22)15-7-5-6-8-16(15)24(33)37-4)27(36,11-12-32(23)25(34)35)14-9-10-17(29)18(30)13-14/h5-10,13,19,23,36H,11-12H2,1-4H3,(H,34,35)/t19-,23?,27-/m0/s1. The van der Waals surface area contributed by atoms with Gasteiger partial charge in [0.05, 0.1) is 29.1 Å². The number of halogens is 3. The number of ether oxygens (including phenoxy) is 1. The van der Waals surface area contributed by atoms with Crippen LogP contribution >= 0.6 is 15.9 Å². The van der Waals surface area contributed by atoms with Crippen LogP contribution < -0.4 is 0 Å². The van der Waals surface area contributed by atoms with E-state index >= 15 is 0 Å². The summed E-state index contributed by atoms with van der Waals surface area (Å²) in [4.78, 5) is 25.9. The van der Waals surface area contributed by atoms with Gasteiger partial charge < -0.3 is 24.4 Å². The minimum atomic E-state index is -1.86. The van der Waals surface area contributed by atoms with Crippen molar-refractivity contribution in [2.75, 3.05) is 13.7 Å². The first-order valence-corrected chi connectivity index (χ1v) is 12.6. The van der Waals surface area contributed by atoms with E-state index in [9.17, 15) is 28.6 Å². The zero-order chi connectivity index (χ0) is 28.0. The maximum absolute atomic E-state index is 14.3. The monoisotopic (exact) mass is 592 g/mol. The summed E-state index contributed by atoms with van der Waals surface area (Å²) >= 11 is 3.51. The zero-order valence-electron chi connectivity index (χ0n) is 21.2. The minimum absolute atomic E-state index is 0.0624. The molecule has 38 heavy (non-hydrogen) atoms. The van der Waals surface area contributed by atoms with Crippen LogP contribution in [0.3, 0.4) is 0 Å². The maximum Gasteiger partial charge on any atom is 0.407 e. The molecule has 1 saturated heterocycles. The fourth-order valence-electron chi connectivity index (χ4n) is 5.29. The first kappa shape index (κ1) is 27.7. The van der Waals surface area contributed by atoms with Crippen molar-refractivity contribution >= 4 is 28.0 Å². The van der Waals surface area contributed by atoms with E-state index in [4.69, 9.17) is 9.26 Å². The fraction of sp³-hybridized carbons (Fsp3) is 0.370. The van der Waals surface area contributed by atoms with E-state index in [1.54, 1.807) is 24.3 Å². The fourth-order valence-corrected chi connectivity index (χ4v) is 5.89. The molecule has 3 aromatic rings. The van der Waals surface area contributed by atoms with E-state index in [2.05, 4.69) is 21.1 Å². The Hall–Kier alpha value is -3.31. The normalized spacial score (nSPS) is 21.8. The highest BCUT2D eigenvalue weighted by molar-refractivity contribution is 9.10. The summed E-state index contributed by atoms with van der Waals surface area (Å²) in [6.07, 6.45) is -1.32. The number of rotatable bonds is 4. The van der Waals surface area contributed by atoms with Crippen molar-refractivity contribution in [3.63, 3.8) is 0 Å². The van der Waals surface area contributed by atoms with Gasteiger partial charge in [0.2, 0.25) is 0 Å². The number of esters is 1. The quantitative estimate of drug-likeness (QED) is 0.360. The number of likely N-dealkylation sites (tertiary alicyclic amines) is 1. The lowest BCUT2D eigenvalue weighted by atomic mass is 9.64. The molecule has 1 fully saturated rings. The minimum Gasteiger partial charge on any atom is -0.465 e. The van der Waals surface area contributed by atoms with Gasteiger partial charge in [-0.15, -0.1) is 0 Å². The second-order valence-electron chi connectivity index (χ2n) is 10.3. The molecule has 0 spiro atoms. The molecular weight excluding hydrogens is 566 g/mol. The van der Waals surface area contributed by atoms with E-state index in [-0.39, 0.29) is 40.0 Å². The summed E-state index contributed by atoms with van der Waals surface area (Å²) in [7, 11) is 1.25. The molecule has 1 amide bonds. The van der Waals surface area contributed by atoms with Gasteiger partial charge in [-0.05, 0) is 51.5 Å². The molecule has 0 aliphatic carbocycles. The lowest BCUT2D eigenvalue weighted by Gasteiger charge is -2.53. The van der Waals surface area contributed by atoms with Crippen LogP contribution in [0.4, 0.5) is 13.6 Å². The van der Waals surface area contributed by atoms with E-state index in [0.717, 1.165) is 12.1 Å². The van der Waals surface area contributed by atoms with E-state index in [1.807, 2.05) is 20.8 Å². The first-order chi connectivity index (χ1) is 17.8. The number of aromatic nitrogens is 1. The topological polar surface area (TPSA) is 113 Å². The molecule has 4 rings (SSSR count). The summed E-state index contributed by atoms with van der Waals surface area (Å²) in [6.45, 7) is 5.38. The highest BCUT2D eigenvalue weighted by atomic mass is 79.9. The number of nitrogens with zero attached hydrogens (tertiary/aromatic N) is 2. The first-order valence-electron chi connectivity index (χ1n) is 11.8. The second kappa shape index (κ2) is 10.1. The van der Waals surface area contributed by atoms with Crippen LogP contribution in [-0.4, -0.2) is 52.0 Å². The molecule has 1 unspecified atom stereocenters. The Morgan fingerprint density at radius 2 is 1.87 bits per heavy atom. The Balaban J connectivity index is 1.97. The van der Waals surface area contributed by atoms with Crippen LogP contribution in [0.25, 0.3) is 11.3 Å². The summed E-state index contributed by atoms with van der Waals surface area (Å²) in [5.74, 6) is -3.83. The van der Waals surface area contributed by atoms with Crippen LogP contribution in [0, 0.1) is 17.0 Å². The Morgan fingerprint density at radius 1 is 1.18 bits per heavy atom. The van der Waals surface area contributed by atoms with Crippen LogP contribution in [0.5, 0.6) is 0 Å². The molecule has 0 bridgehead atoms. The smallest absolute Gasteiger partial charge is 0.407 e. The van der Waals surface area contributed by atoms with Gasteiger partial charge in [-0.3, -0.25) is 0 Å². The highest BCUT2D eigenvalue weighted by Gasteiger charge is 2.56. The van der Waals surface area contributed by atoms with Crippen molar-refractivity contribution in [2.24, 2.45) is 5.41 Å². The van der Waals surface area contributed by atoms with Crippen molar-refractivity contribution < 1.29 is 37.8 Å². The SMILES string of the molecule is COC(=O)c1ccccc1-c1noc([C@H]2C(C(C)(C)C)N(C(=O)O)CC[C@]2(O)c2ccc(F)c(F)c2)c1Br. The summed E-state index contributed by atoms with van der Waals surface area (Å²) in [5.41, 5.74) is -1.70. The summed E-state index contributed by atoms with van der Waals surface area (Å²) < 4.78 is 39.1. The summed E-state index contributed by atoms with van der Waals surface area (Å²) in [5, 5.41) is 26.4. The molecule has 1 aliphatic rings. The lowest BCUT2D eigenvalue weighted by Crippen LogP contribution is -2.60. The summed E-state index contributed by atoms with van der Waals surface area (Å²) in [6, 6.07) is 8.80. The Labute approximate surface area is 226 Å². The lowest BCUT2D eigenvalue weighted by molar-refractivity contribution is -0.0977. The van der Waals surface area contributed by atoms with Crippen LogP contribution in [0.2, 0.25) is 0 Å². The van der Waals surface area contributed by atoms with Gasteiger partial charge in [-0.2, -0.15) is 0 Å². The number of carboxylic acid groups (broad SMARTS) is 1. The van der Waals surface area contributed by atoms with Gasteiger partial charge in [-0.25, -0.2) is 18.4 Å².